The fourth-order valence-corrected chi connectivity index (χ4v) is 2.39. The van der Waals surface area contributed by atoms with Crippen LogP contribution in [0, 0.1) is 5.41 Å². The molecule has 0 bridgehead atoms. The molecule has 16 heavy (non-hydrogen) atoms. The van der Waals surface area contributed by atoms with E-state index in [-0.39, 0.29) is 11.9 Å². The van der Waals surface area contributed by atoms with E-state index in [9.17, 15) is 4.79 Å². The lowest BCUT2D eigenvalue weighted by atomic mass is 9.64. The first-order valence-corrected chi connectivity index (χ1v) is 5.42. The van der Waals surface area contributed by atoms with Crippen LogP contribution in [-0.4, -0.2) is 35.1 Å². The Labute approximate surface area is 93.2 Å². The molecule has 1 saturated heterocycles. The van der Waals surface area contributed by atoms with Gasteiger partial charge in [-0.15, -0.1) is 0 Å². The number of carbonyl (C=O) groups excluding carboxylic acids is 1. The lowest BCUT2D eigenvalue weighted by Gasteiger charge is -2.53. The summed E-state index contributed by atoms with van der Waals surface area (Å²) in [6.07, 6.45) is 6.62. The molecule has 5 heteroatoms. The SMILES string of the molecule is O=C(NC1CC2(COC2)C1)c1cnccn1. The molecule has 1 saturated carbocycles. The third kappa shape index (κ3) is 1.57. The maximum absolute atomic E-state index is 11.7. The van der Waals surface area contributed by atoms with Crippen LogP contribution < -0.4 is 5.32 Å². The Morgan fingerprint density at radius 2 is 2.25 bits per heavy atom. The molecule has 0 radical (unpaired) electrons. The molecule has 0 unspecified atom stereocenters. The van der Waals surface area contributed by atoms with Crippen LogP contribution in [-0.2, 0) is 4.74 Å². The lowest BCUT2D eigenvalue weighted by Crippen LogP contribution is -2.59. The predicted molar refractivity (Wildman–Crippen MR) is 55.8 cm³/mol. The number of rotatable bonds is 2. The quantitative estimate of drug-likeness (QED) is 0.781. The van der Waals surface area contributed by atoms with Crippen LogP contribution in [0.15, 0.2) is 18.6 Å². The van der Waals surface area contributed by atoms with Crippen molar-refractivity contribution in [2.24, 2.45) is 5.41 Å². The summed E-state index contributed by atoms with van der Waals surface area (Å²) < 4.78 is 5.18. The highest BCUT2D eigenvalue weighted by molar-refractivity contribution is 5.92. The fraction of sp³-hybridized carbons (Fsp3) is 0.545. The molecule has 2 aliphatic rings. The first-order chi connectivity index (χ1) is 7.77. The van der Waals surface area contributed by atoms with Crippen LogP contribution in [0.2, 0.25) is 0 Å². The molecule has 1 spiro atoms. The highest BCUT2D eigenvalue weighted by Gasteiger charge is 2.50. The summed E-state index contributed by atoms with van der Waals surface area (Å²) in [5, 5.41) is 2.96. The van der Waals surface area contributed by atoms with E-state index < -0.39 is 0 Å². The molecule has 0 atom stereocenters. The standard InChI is InChI=1S/C11H13N3O2/c15-10(9-5-12-1-2-13-9)14-8-3-11(4-8)6-16-7-11/h1-2,5,8H,3-4,6-7H2,(H,14,15). The van der Waals surface area contributed by atoms with Crippen molar-refractivity contribution in [3.05, 3.63) is 24.3 Å². The Hall–Kier alpha value is -1.49. The Kier molecular flexibility index (Phi) is 2.14. The zero-order chi connectivity index (χ0) is 11.0. The monoisotopic (exact) mass is 219 g/mol. The van der Waals surface area contributed by atoms with Gasteiger partial charge in [0.25, 0.3) is 5.91 Å². The summed E-state index contributed by atoms with van der Waals surface area (Å²) in [4.78, 5) is 19.6. The van der Waals surface area contributed by atoms with E-state index in [0.717, 1.165) is 26.1 Å². The number of aromatic nitrogens is 2. The maximum Gasteiger partial charge on any atom is 0.271 e. The third-order valence-electron chi connectivity index (χ3n) is 3.31. The van der Waals surface area contributed by atoms with Gasteiger partial charge in [-0.05, 0) is 12.8 Å². The predicted octanol–water partition coefficient (Wildman–Crippen LogP) is 0.385. The normalized spacial score (nSPS) is 22.2. The Bertz CT molecular complexity index is 395. The highest BCUT2D eigenvalue weighted by atomic mass is 16.5. The number of amides is 1. The van der Waals surface area contributed by atoms with Crippen LogP contribution >= 0.6 is 0 Å². The van der Waals surface area contributed by atoms with Gasteiger partial charge in [-0.25, -0.2) is 4.98 Å². The molecule has 5 nitrogen and oxygen atoms in total. The van der Waals surface area contributed by atoms with E-state index in [1.807, 2.05) is 0 Å². The molecule has 0 aromatic carbocycles. The van der Waals surface area contributed by atoms with Gasteiger partial charge in [0.05, 0.1) is 19.4 Å². The van der Waals surface area contributed by atoms with Crippen molar-refractivity contribution in [2.45, 2.75) is 18.9 Å². The van der Waals surface area contributed by atoms with Gasteiger partial charge < -0.3 is 10.1 Å². The highest BCUT2D eigenvalue weighted by Crippen LogP contribution is 2.46. The van der Waals surface area contributed by atoms with Gasteiger partial charge in [0.15, 0.2) is 0 Å². The van der Waals surface area contributed by atoms with Crippen molar-refractivity contribution >= 4 is 5.91 Å². The summed E-state index contributed by atoms with van der Waals surface area (Å²) in [6.45, 7) is 1.70. The zero-order valence-electron chi connectivity index (χ0n) is 8.85. The summed E-state index contributed by atoms with van der Waals surface area (Å²) in [5.41, 5.74) is 0.758. The van der Waals surface area contributed by atoms with Gasteiger partial charge in [0.1, 0.15) is 5.69 Å². The van der Waals surface area contributed by atoms with Crippen molar-refractivity contribution < 1.29 is 9.53 Å². The van der Waals surface area contributed by atoms with Crippen molar-refractivity contribution in [1.29, 1.82) is 0 Å². The minimum absolute atomic E-state index is 0.131. The van der Waals surface area contributed by atoms with E-state index in [1.165, 1.54) is 12.4 Å². The number of hydrogen-bond acceptors (Lipinski definition) is 4. The minimum atomic E-state index is -0.131. The number of ether oxygens (including phenoxy) is 1. The molecule has 1 aliphatic heterocycles. The second-order valence-corrected chi connectivity index (χ2v) is 4.66. The van der Waals surface area contributed by atoms with E-state index in [2.05, 4.69) is 15.3 Å². The minimum Gasteiger partial charge on any atom is -0.380 e. The van der Waals surface area contributed by atoms with Gasteiger partial charge in [-0.3, -0.25) is 9.78 Å². The molecule has 3 rings (SSSR count). The lowest BCUT2D eigenvalue weighted by molar-refractivity contribution is -0.165. The van der Waals surface area contributed by atoms with Gasteiger partial charge in [-0.1, -0.05) is 0 Å². The van der Waals surface area contributed by atoms with Crippen LogP contribution in [0.5, 0.6) is 0 Å². The Morgan fingerprint density at radius 3 is 2.81 bits per heavy atom. The van der Waals surface area contributed by atoms with E-state index in [1.54, 1.807) is 6.20 Å². The van der Waals surface area contributed by atoms with Crippen molar-refractivity contribution in [2.75, 3.05) is 13.2 Å². The molecule has 1 aromatic heterocycles. The van der Waals surface area contributed by atoms with Gasteiger partial charge in [-0.2, -0.15) is 0 Å². The van der Waals surface area contributed by atoms with Crippen molar-refractivity contribution in [3.63, 3.8) is 0 Å². The van der Waals surface area contributed by atoms with Crippen LogP contribution in [0.1, 0.15) is 23.3 Å². The number of carbonyl (C=O) groups is 1. The summed E-state index contributed by atoms with van der Waals surface area (Å²) in [6, 6.07) is 0.276. The molecule has 2 heterocycles. The average molecular weight is 219 g/mol. The third-order valence-corrected chi connectivity index (χ3v) is 3.31. The number of nitrogens with one attached hydrogen (secondary N) is 1. The summed E-state index contributed by atoms with van der Waals surface area (Å²) in [5.74, 6) is -0.131. The largest absolute Gasteiger partial charge is 0.380 e. The van der Waals surface area contributed by atoms with Crippen LogP contribution in [0.3, 0.4) is 0 Å². The zero-order valence-corrected chi connectivity index (χ0v) is 8.85. The van der Waals surface area contributed by atoms with Crippen LogP contribution in [0.4, 0.5) is 0 Å². The average Bonchev–Trinajstić information content (AvgIpc) is 2.21. The second-order valence-electron chi connectivity index (χ2n) is 4.66. The van der Waals surface area contributed by atoms with Gasteiger partial charge in [0.2, 0.25) is 0 Å². The van der Waals surface area contributed by atoms with Crippen molar-refractivity contribution in [3.8, 4) is 0 Å². The summed E-state index contributed by atoms with van der Waals surface area (Å²) in [7, 11) is 0. The molecule has 1 aromatic rings. The molecular weight excluding hydrogens is 206 g/mol. The van der Waals surface area contributed by atoms with Crippen molar-refractivity contribution in [1.82, 2.24) is 15.3 Å². The Morgan fingerprint density at radius 1 is 1.44 bits per heavy atom. The van der Waals surface area contributed by atoms with Gasteiger partial charge in [0, 0.05) is 23.9 Å². The number of hydrogen-bond donors (Lipinski definition) is 1. The molecule has 84 valence electrons. The number of nitrogens with zero attached hydrogens (tertiary/aromatic N) is 2. The molecule has 1 N–H and O–H groups in total. The first kappa shape index (κ1) is 9.72. The molecule has 2 fully saturated rings. The molecule has 1 amide bonds. The van der Waals surface area contributed by atoms with E-state index in [4.69, 9.17) is 4.74 Å². The fourth-order valence-electron chi connectivity index (χ4n) is 2.39. The first-order valence-electron chi connectivity index (χ1n) is 5.42. The van der Waals surface area contributed by atoms with Gasteiger partial charge >= 0.3 is 0 Å². The Balaban J connectivity index is 1.55. The topological polar surface area (TPSA) is 64.1 Å². The smallest absolute Gasteiger partial charge is 0.271 e. The second kappa shape index (κ2) is 3.52. The van der Waals surface area contributed by atoms with E-state index >= 15 is 0 Å². The molecule has 1 aliphatic carbocycles. The van der Waals surface area contributed by atoms with Crippen LogP contribution in [0.25, 0.3) is 0 Å². The maximum atomic E-state index is 11.7. The molecular formula is C11H13N3O2. The summed E-state index contributed by atoms with van der Waals surface area (Å²) >= 11 is 0. The van der Waals surface area contributed by atoms with E-state index in [0.29, 0.717) is 11.1 Å².